The van der Waals surface area contributed by atoms with Crippen LogP contribution in [0.3, 0.4) is 0 Å². The Morgan fingerprint density at radius 1 is 1.37 bits per heavy atom. The van der Waals surface area contributed by atoms with Gasteiger partial charge in [0.1, 0.15) is 0 Å². The minimum absolute atomic E-state index is 0.0730. The summed E-state index contributed by atoms with van der Waals surface area (Å²) in [6, 6.07) is 0. The molecule has 0 aromatic rings. The van der Waals surface area contributed by atoms with Crippen LogP contribution in [0.4, 0.5) is 0 Å². The molecule has 1 rings (SSSR count). The summed E-state index contributed by atoms with van der Waals surface area (Å²) in [5.41, 5.74) is 0.457. The zero-order valence-electron chi connectivity index (χ0n) is 11.8. The van der Waals surface area contributed by atoms with E-state index in [2.05, 4.69) is 13.5 Å². The van der Waals surface area contributed by atoms with Gasteiger partial charge in [0.05, 0.1) is 12.2 Å². The summed E-state index contributed by atoms with van der Waals surface area (Å²) >= 11 is 0. The van der Waals surface area contributed by atoms with Crippen LogP contribution < -0.4 is 0 Å². The number of ketones is 1. The molecule has 0 amide bonds. The second-order valence-corrected chi connectivity index (χ2v) is 5.40. The fraction of sp³-hybridized carbons (Fsp3) is 0.688. The Balaban J connectivity index is 2.27. The lowest BCUT2D eigenvalue weighted by Crippen LogP contribution is -2.12. The van der Waals surface area contributed by atoms with Crippen molar-refractivity contribution in [2.24, 2.45) is 5.92 Å². The molecule has 0 bridgehead atoms. The van der Waals surface area contributed by atoms with Crippen molar-refractivity contribution in [3.05, 3.63) is 24.3 Å². The molecule has 0 radical (unpaired) electrons. The Hall–Kier alpha value is -0.930. The molecule has 0 aromatic heterocycles. The van der Waals surface area contributed by atoms with Crippen molar-refractivity contribution in [1.29, 1.82) is 0 Å². The topological polar surface area (TPSA) is 57.5 Å². The predicted molar refractivity (Wildman–Crippen MR) is 76.8 cm³/mol. The molecule has 2 N–H and O–H groups in total. The first-order chi connectivity index (χ1) is 9.06. The summed E-state index contributed by atoms with van der Waals surface area (Å²) < 4.78 is 0. The lowest BCUT2D eigenvalue weighted by Gasteiger charge is -2.11. The summed E-state index contributed by atoms with van der Waals surface area (Å²) in [5.74, 6) is -0.390. The summed E-state index contributed by atoms with van der Waals surface area (Å²) in [4.78, 5) is 11.4. The Labute approximate surface area is 116 Å². The van der Waals surface area contributed by atoms with Crippen molar-refractivity contribution < 1.29 is 15.0 Å². The van der Waals surface area contributed by atoms with Crippen LogP contribution in [0.5, 0.6) is 0 Å². The minimum atomic E-state index is -0.673. The highest BCUT2D eigenvalue weighted by atomic mass is 16.3. The normalized spacial score (nSPS) is 25.4. The van der Waals surface area contributed by atoms with Gasteiger partial charge in [0, 0.05) is 12.3 Å². The molecule has 0 unspecified atom stereocenters. The quantitative estimate of drug-likeness (QED) is 0.403. The lowest BCUT2D eigenvalue weighted by molar-refractivity contribution is -0.115. The van der Waals surface area contributed by atoms with E-state index in [4.69, 9.17) is 0 Å². The number of aliphatic hydroxyl groups is 2. The van der Waals surface area contributed by atoms with Gasteiger partial charge in [0.2, 0.25) is 0 Å². The third-order valence-corrected chi connectivity index (χ3v) is 3.71. The largest absolute Gasteiger partial charge is 0.392 e. The monoisotopic (exact) mass is 266 g/mol. The molecule has 0 saturated heterocycles. The second kappa shape index (κ2) is 8.28. The average Bonchev–Trinajstić information content (AvgIpc) is 2.61. The second-order valence-electron chi connectivity index (χ2n) is 5.40. The first-order valence-corrected chi connectivity index (χ1v) is 7.32. The smallest absolute Gasteiger partial charge is 0.161 e. The first kappa shape index (κ1) is 16.1. The molecule has 3 atom stereocenters. The van der Waals surface area contributed by atoms with Gasteiger partial charge in [0.15, 0.2) is 5.78 Å². The third kappa shape index (κ3) is 5.29. The standard InChI is InChI=1S/C16H26O3/c1-3-4-5-6-7-8-13(17)9-10-14-12(2)15(18)11-16(14)19/h9-10,13-14,16-17,19H,2-8,11H2,1H3/b10-9+/t13-,14+,16+/m0/s1. The third-order valence-electron chi connectivity index (χ3n) is 3.71. The molecule has 0 heterocycles. The van der Waals surface area contributed by atoms with E-state index in [0.29, 0.717) is 5.57 Å². The number of hydrogen-bond acceptors (Lipinski definition) is 3. The molecule has 19 heavy (non-hydrogen) atoms. The Kier molecular flexibility index (Phi) is 7.03. The molecule has 1 aliphatic carbocycles. The van der Waals surface area contributed by atoms with Crippen LogP contribution >= 0.6 is 0 Å². The number of aliphatic hydroxyl groups excluding tert-OH is 2. The van der Waals surface area contributed by atoms with Crippen LogP contribution in [0, 0.1) is 5.92 Å². The molecule has 3 heteroatoms. The fourth-order valence-corrected chi connectivity index (χ4v) is 2.41. The van der Waals surface area contributed by atoms with E-state index in [0.717, 1.165) is 19.3 Å². The molecule has 108 valence electrons. The van der Waals surface area contributed by atoms with Crippen molar-refractivity contribution in [3.8, 4) is 0 Å². The summed E-state index contributed by atoms with van der Waals surface area (Å²) in [5, 5.41) is 19.5. The average molecular weight is 266 g/mol. The Morgan fingerprint density at radius 3 is 2.63 bits per heavy atom. The van der Waals surface area contributed by atoms with E-state index < -0.39 is 12.2 Å². The fourth-order valence-electron chi connectivity index (χ4n) is 2.41. The molecule has 3 nitrogen and oxygen atoms in total. The highest BCUT2D eigenvalue weighted by molar-refractivity contribution is 5.98. The van der Waals surface area contributed by atoms with Crippen LogP contribution in [-0.4, -0.2) is 28.2 Å². The van der Waals surface area contributed by atoms with E-state index in [1.165, 1.54) is 19.3 Å². The maximum atomic E-state index is 11.4. The van der Waals surface area contributed by atoms with Crippen LogP contribution in [-0.2, 0) is 4.79 Å². The minimum Gasteiger partial charge on any atom is -0.392 e. The number of rotatable bonds is 8. The zero-order chi connectivity index (χ0) is 14.3. The van der Waals surface area contributed by atoms with Gasteiger partial charge in [-0.15, -0.1) is 0 Å². The SMILES string of the molecule is C=C1C(=O)C[C@@H](O)[C@@H]1/C=C/[C@@H](O)CCCCCCC. The Bertz CT molecular complexity index is 333. The van der Waals surface area contributed by atoms with E-state index in [9.17, 15) is 15.0 Å². The number of unbranched alkanes of at least 4 members (excludes halogenated alkanes) is 4. The van der Waals surface area contributed by atoms with Gasteiger partial charge in [-0.05, 0) is 12.0 Å². The van der Waals surface area contributed by atoms with Crippen molar-refractivity contribution >= 4 is 5.78 Å². The lowest BCUT2D eigenvalue weighted by atomic mass is 10.00. The number of hydrogen-bond donors (Lipinski definition) is 2. The van der Waals surface area contributed by atoms with Gasteiger partial charge in [-0.25, -0.2) is 0 Å². The number of carbonyl (C=O) groups is 1. The summed E-state index contributed by atoms with van der Waals surface area (Å²) in [7, 11) is 0. The predicted octanol–water partition coefficient (Wildman–Crippen LogP) is 2.77. The zero-order valence-corrected chi connectivity index (χ0v) is 11.8. The summed E-state index contributed by atoms with van der Waals surface area (Å²) in [6.07, 6.45) is 9.01. The van der Waals surface area contributed by atoms with Gasteiger partial charge in [-0.3, -0.25) is 4.79 Å². The molecule has 1 fully saturated rings. The van der Waals surface area contributed by atoms with Gasteiger partial charge in [0.25, 0.3) is 0 Å². The summed E-state index contributed by atoms with van der Waals surface area (Å²) in [6.45, 7) is 5.88. The van der Waals surface area contributed by atoms with Crippen molar-refractivity contribution in [2.75, 3.05) is 0 Å². The number of Topliss-reactive ketones (excluding diaryl/α,β-unsaturated/α-hetero) is 1. The first-order valence-electron chi connectivity index (χ1n) is 7.32. The van der Waals surface area contributed by atoms with Crippen molar-refractivity contribution in [3.63, 3.8) is 0 Å². The molecular formula is C16H26O3. The van der Waals surface area contributed by atoms with E-state index in [1.807, 2.05) is 0 Å². The van der Waals surface area contributed by atoms with Gasteiger partial charge in [-0.2, -0.15) is 0 Å². The van der Waals surface area contributed by atoms with Crippen LogP contribution in [0.2, 0.25) is 0 Å². The molecule has 0 spiro atoms. The Morgan fingerprint density at radius 2 is 2.05 bits per heavy atom. The maximum absolute atomic E-state index is 11.4. The molecular weight excluding hydrogens is 240 g/mol. The van der Waals surface area contributed by atoms with Gasteiger partial charge < -0.3 is 10.2 Å². The van der Waals surface area contributed by atoms with Crippen molar-refractivity contribution in [2.45, 2.75) is 64.1 Å². The van der Waals surface area contributed by atoms with Gasteiger partial charge >= 0.3 is 0 Å². The molecule has 0 aliphatic heterocycles. The van der Waals surface area contributed by atoms with Crippen LogP contribution in [0.15, 0.2) is 24.3 Å². The molecule has 1 saturated carbocycles. The highest BCUT2D eigenvalue weighted by Gasteiger charge is 2.33. The van der Waals surface area contributed by atoms with E-state index in [1.54, 1.807) is 12.2 Å². The maximum Gasteiger partial charge on any atom is 0.161 e. The van der Waals surface area contributed by atoms with Crippen molar-refractivity contribution in [1.82, 2.24) is 0 Å². The van der Waals surface area contributed by atoms with E-state index in [-0.39, 0.29) is 18.1 Å². The van der Waals surface area contributed by atoms with E-state index >= 15 is 0 Å². The molecule has 0 aromatic carbocycles. The highest BCUT2D eigenvalue weighted by Crippen LogP contribution is 2.28. The van der Waals surface area contributed by atoms with Gasteiger partial charge in [-0.1, -0.05) is 57.8 Å². The van der Waals surface area contributed by atoms with Crippen LogP contribution in [0.25, 0.3) is 0 Å². The molecule has 1 aliphatic rings. The van der Waals surface area contributed by atoms with Crippen LogP contribution in [0.1, 0.15) is 51.9 Å². The number of carbonyl (C=O) groups excluding carboxylic acids is 1.